The Morgan fingerprint density at radius 1 is 1.08 bits per heavy atom. The highest BCUT2D eigenvalue weighted by Gasteiger charge is 2.16. The maximum absolute atomic E-state index is 11.5. The molecule has 0 heterocycles. The van der Waals surface area contributed by atoms with Crippen LogP contribution in [0, 0.1) is 0 Å². The minimum absolute atomic E-state index is 0.0402. The first kappa shape index (κ1) is 23.8. The Balaban J connectivity index is 3.65. The van der Waals surface area contributed by atoms with Crippen molar-refractivity contribution in [1.82, 2.24) is 10.6 Å². The number of carbonyl (C=O) groups is 3. The van der Waals surface area contributed by atoms with E-state index >= 15 is 0 Å². The zero-order chi connectivity index (χ0) is 19.1. The predicted molar refractivity (Wildman–Crippen MR) is 99.3 cm³/mol. The maximum atomic E-state index is 11.5. The van der Waals surface area contributed by atoms with Gasteiger partial charge in [-0.25, -0.2) is 0 Å². The molecule has 10 heteroatoms. The second kappa shape index (κ2) is 15.1. The summed E-state index contributed by atoms with van der Waals surface area (Å²) in [5.74, 6) is 0.746. The van der Waals surface area contributed by atoms with E-state index in [1.54, 1.807) is 0 Å². The smallest absolute Gasteiger partial charge is 0.306 e. The molecule has 25 heavy (non-hydrogen) atoms. The molecule has 8 nitrogen and oxygen atoms in total. The second-order valence-electron chi connectivity index (χ2n) is 4.88. The van der Waals surface area contributed by atoms with Crippen molar-refractivity contribution < 1.29 is 29.3 Å². The van der Waals surface area contributed by atoms with E-state index in [0.29, 0.717) is 23.0 Å². The summed E-state index contributed by atoms with van der Waals surface area (Å²) in [5.41, 5.74) is 0. The van der Waals surface area contributed by atoms with Crippen molar-refractivity contribution in [2.75, 3.05) is 36.8 Å². The number of nitrogens with one attached hydrogen (secondary N) is 2. The Kier molecular flexibility index (Phi) is 14.3. The topological polar surface area (TPSA) is 125 Å². The van der Waals surface area contributed by atoms with E-state index in [9.17, 15) is 24.6 Å². The van der Waals surface area contributed by atoms with Gasteiger partial charge in [-0.15, -0.1) is 0 Å². The number of esters is 1. The van der Waals surface area contributed by atoms with E-state index in [0.717, 1.165) is 6.08 Å². The van der Waals surface area contributed by atoms with Crippen LogP contribution in [0.1, 0.15) is 12.8 Å². The Bertz CT molecular complexity index is 436. The molecule has 0 saturated carbocycles. The molecule has 2 unspecified atom stereocenters. The van der Waals surface area contributed by atoms with Gasteiger partial charge in [0, 0.05) is 29.4 Å². The lowest BCUT2D eigenvalue weighted by atomic mass is 10.3. The molecule has 4 N–H and O–H groups in total. The summed E-state index contributed by atoms with van der Waals surface area (Å²) in [6.07, 6.45) is -0.168. The molecule has 0 rings (SSSR count). The average molecular weight is 395 g/mol. The fourth-order valence-electron chi connectivity index (χ4n) is 1.44. The molecule has 0 aromatic carbocycles. The van der Waals surface area contributed by atoms with Gasteiger partial charge in [-0.1, -0.05) is 6.58 Å². The largest absolute Gasteiger partial charge is 0.469 e. The Hall–Kier alpha value is -1.23. The van der Waals surface area contributed by atoms with E-state index in [1.165, 1.54) is 30.6 Å². The van der Waals surface area contributed by atoms with Crippen LogP contribution in [0.15, 0.2) is 12.7 Å². The van der Waals surface area contributed by atoms with Crippen LogP contribution < -0.4 is 10.6 Å². The van der Waals surface area contributed by atoms with Gasteiger partial charge < -0.3 is 25.6 Å². The van der Waals surface area contributed by atoms with E-state index in [2.05, 4.69) is 21.9 Å². The first-order chi connectivity index (χ1) is 11.9. The number of methoxy groups -OCH3 is 1. The Morgan fingerprint density at radius 2 is 1.64 bits per heavy atom. The lowest BCUT2D eigenvalue weighted by Crippen LogP contribution is -2.36. The van der Waals surface area contributed by atoms with Gasteiger partial charge in [-0.2, -0.15) is 23.5 Å². The number of thioether (sulfide) groups is 2. The molecular weight excluding hydrogens is 368 g/mol. The van der Waals surface area contributed by atoms with Gasteiger partial charge in [0.25, 0.3) is 0 Å². The lowest BCUT2D eigenvalue weighted by molar-refractivity contribution is -0.140. The lowest BCUT2D eigenvalue weighted by Gasteiger charge is -2.17. The van der Waals surface area contributed by atoms with Crippen molar-refractivity contribution in [2.24, 2.45) is 0 Å². The number of ether oxygens (including phenoxy) is 1. The highest BCUT2D eigenvalue weighted by Crippen LogP contribution is 2.12. The molecule has 0 aromatic rings. The molecule has 0 aromatic heterocycles. The third-order valence-corrected chi connectivity index (χ3v) is 5.05. The van der Waals surface area contributed by atoms with Crippen molar-refractivity contribution in [3.63, 3.8) is 0 Å². The number of carbonyl (C=O) groups excluding carboxylic acids is 3. The third-order valence-electron chi connectivity index (χ3n) is 2.91. The van der Waals surface area contributed by atoms with E-state index in [1.807, 2.05) is 0 Å². The van der Waals surface area contributed by atoms with Crippen molar-refractivity contribution in [3.8, 4) is 0 Å². The highest BCUT2D eigenvalue weighted by atomic mass is 32.2. The Morgan fingerprint density at radius 3 is 2.16 bits per heavy atom. The molecule has 0 aliphatic carbocycles. The van der Waals surface area contributed by atoms with Crippen molar-refractivity contribution in [2.45, 2.75) is 25.0 Å². The SMILES string of the molecule is C=CC(=O)NCNC(=O)CCSCC(O)C(O)CSCCC(=O)OC. The summed E-state index contributed by atoms with van der Waals surface area (Å²) in [6, 6.07) is 0. The first-order valence-corrected chi connectivity index (χ1v) is 9.97. The molecule has 0 fully saturated rings. The van der Waals surface area contributed by atoms with Gasteiger partial charge in [0.1, 0.15) is 0 Å². The van der Waals surface area contributed by atoms with Gasteiger partial charge >= 0.3 is 5.97 Å². The van der Waals surface area contributed by atoms with Crippen LogP contribution in [0.25, 0.3) is 0 Å². The number of hydrogen-bond donors (Lipinski definition) is 4. The fourth-order valence-corrected chi connectivity index (χ4v) is 3.34. The minimum atomic E-state index is -0.898. The van der Waals surface area contributed by atoms with Gasteiger partial charge in [-0.3, -0.25) is 14.4 Å². The van der Waals surface area contributed by atoms with Gasteiger partial charge in [0.05, 0.1) is 32.4 Å². The fraction of sp³-hybridized carbons (Fsp3) is 0.667. The molecule has 2 amide bonds. The molecule has 0 aliphatic rings. The average Bonchev–Trinajstić information content (AvgIpc) is 2.61. The second-order valence-corrected chi connectivity index (χ2v) is 7.18. The summed E-state index contributed by atoms with van der Waals surface area (Å²) in [6.45, 7) is 3.33. The van der Waals surface area contributed by atoms with Gasteiger partial charge in [-0.05, 0) is 6.08 Å². The summed E-state index contributed by atoms with van der Waals surface area (Å²) in [7, 11) is 1.32. The molecule has 0 spiro atoms. The zero-order valence-electron chi connectivity index (χ0n) is 14.2. The van der Waals surface area contributed by atoms with Crippen LogP contribution >= 0.6 is 23.5 Å². The number of amides is 2. The Labute approximate surface area is 156 Å². The summed E-state index contributed by atoms with van der Waals surface area (Å²) in [4.78, 5) is 33.3. The van der Waals surface area contributed by atoms with Gasteiger partial charge in [0.15, 0.2) is 0 Å². The standard InChI is InChI=1S/C15H26N2O6S2/c1-3-13(20)16-10-17-14(21)4-6-24-8-11(18)12(19)9-25-7-5-15(22)23-2/h3,11-12,18-19H,1,4-10H2,2H3,(H,16,20)(H,17,21). The van der Waals surface area contributed by atoms with Gasteiger partial charge in [0.2, 0.25) is 11.8 Å². The maximum Gasteiger partial charge on any atom is 0.306 e. The van der Waals surface area contributed by atoms with E-state index < -0.39 is 12.2 Å². The minimum Gasteiger partial charge on any atom is -0.469 e. The van der Waals surface area contributed by atoms with Crippen LogP contribution in [0.4, 0.5) is 0 Å². The van der Waals surface area contributed by atoms with Crippen molar-refractivity contribution >= 4 is 41.3 Å². The quantitative estimate of drug-likeness (QED) is 0.135. The normalized spacial score (nSPS) is 12.8. The van der Waals surface area contributed by atoms with Crippen LogP contribution in [0.2, 0.25) is 0 Å². The number of hydrogen-bond acceptors (Lipinski definition) is 8. The molecular formula is C15H26N2O6S2. The molecule has 2 atom stereocenters. The van der Waals surface area contributed by atoms with Crippen molar-refractivity contribution in [1.29, 1.82) is 0 Å². The van der Waals surface area contributed by atoms with E-state index in [4.69, 9.17) is 0 Å². The molecule has 144 valence electrons. The van der Waals surface area contributed by atoms with Crippen LogP contribution in [-0.2, 0) is 19.1 Å². The first-order valence-electron chi connectivity index (χ1n) is 7.66. The highest BCUT2D eigenvalue weighted by molar-refractivity contribution is 7.99. The molecule has 0 bridgehead atoms. The van der Waals surface area contributed by atoms with Crippen LogP contribution in [0.5, 0.6) is 0 Å². The van der Waals surface area contributed by atoms with Crippen molar-refractivity contribution in [3.05, 3.63) is 12.7 Å². The van der Waals surface area contributed by atoms with Crippen LogP contribution in [0.3, 0.4) is 0 Å². The van der Waals surface area contributed by atoms with E-state index in [-0.39, 0.29) is 37.3 Å². The number of aliphatic hydroxyl groups excluding tert-OH is 2. The summed E-state index contributed by atoms with van der Waals surface area (Å²) in [5, 5.41) is 24.6. The predicted octanol–water partition coefficient (Wildman–Crippen LogP) is -0.496. The number of rotatable bonds is 14. The molecule has 0 aliphatic heterocycles. The molecule has 0 radical (unpaired) electrons. The zero-order valence-corrected chi connectivity index (χ0v) is 15.9. The molecule has 0 saturated heterocycles. The monoisotopic (exact) mass is 394 g/mol. The number of aliphatic hydroxyl groups is 2. The van der Waals surface area contributed by atoms with Crippen LogP contribution in [-0.4, -0.2) is 77.0 Å². The summed E-state index contributed by atoms with van der Waals surface area (Å²) >= 11 is 2.72. The third kappa shape index (κ3) is 13.7. The summed E-state index contributed by atoms with van der Waals surface area (Å²) < 4.78 is 4.51.